The van der Waals surface area contributed by atoms with Gasteiger partial charge in [0.1, 0.15) is 0 Å². The largest absolute Gasteiger partial charge is 0.474 e. The summed E-state index contributed by atoms with van der Waals surface area (Å²) < 4.78 is 31.2. The molecule has 0 radical (unpaired) electrons. The van der Waals surface area contributed by atoms with E-state index in [0.717, 1.165) is 57.8 Å². The molecule has 0 atom stereocenters. The second-order valence-corrected chi connectivity index (χ2v) is 18.4. The summed E-state index contributed by atoms with van der Waals surface area (Å²) in [5.74, 6) is 0. The maximum absolute atomic E-state index is 13.6. The Morgan fingerprint density at radius 3 is 0.712 bits per heavy atom. The fourth-order valence-electron chi connectivity index (χ4n) is 6.91. The molecule has 0 N–H and O–H groups in total. The molecule has 5 heteroatoms. The van der Waals surface area contributed by atoms with Crippen LogP contribution in [0.1, 0.15) is 252 Å². The lowest BCUT2D eigenvalue weighted by Gasteiger charge is -2.18. The van der Waals surface area contributed by atoms with Crippen molar-refractivity contribution in [1.82, 2.24) is 0 Å². The van der Waals surface area contributed by atoms with Gasteiger partial charge in [-0.2, -0.15) is 0 Å². The lowest BCUT2D eigenvalue weighted by atomic mass is 10.1. The summed E-state index contributed by atoms with van der Waals surface area (Å²) in [6, 6.07) is 0. The van der Waals surface area contributed by atoms with Crippen molar-refractivity contribution >= 4 is 7.82 Å². The minimum absolute atomic E-state index is 0.444. The third kappa shape index (κ3) is 49.1. The fourth-order valence-corrected chi connectivity index (χ4v) is 8.19. The van der Waals surface area contributed by atoms with E-state index in [-0.39, 0.29) is 0 Å². The zero-order chi connectivity index (χ0) is 42.7. The van der Waals surface area contributed by atoms with Crippen LogP contribution in [0.2, 0.25) is 0 Å². The van der Waals surface area contributed by atoms with E-state index in [9.17, 15) is 4.57 Å². The van der Waals surface area contributed by atoms with Crippen molar-refractivity contribution in [3.8, 4) is 0 Å². The first-order valence-corrected chi connectivity index (χ1v) is 27.1. The first kappa shape index (κ1) is 57.5. The molecule has 0 aliphatic rings. The van der Waals surface area contributed by atoms with E-state index in [1.807, 2.05) is 0 Å². The van der Waals surface area contributed by atoms with E-state index in [0.29, 0.717) is 19.8 Å². The molecular weight excluding hydrogens is 744 g/mol. The molecule has 0 aliphatic heterocycles. The standard InChI is InChI=1S/C54H99O4P/c1-4-7-10-13-16-19-22-25-28-31-34-37-40-43-46-49-52-56-59(55,57-53-50-47-44-41-38-35-32-29-26-23-20-17-14-11-8-5-2)58-54-51-48-45-42-39-36-33-30-27-24-21-18-15-12-9-6-3/h16-21,25-30H,4-15,22-24,31-54H2,1-3H3/b19-16-,20-17-,21-18-,28-25-,29-26-,30-27-. The number of unbranched alkanes of at least 4 members (excludes halogenated alkanes) is 27. The molecule has 344 valence electrons. The van der Waals surface area contributed by atoms with Crippen LogP contribution in [-0.4, -0.2) is 19.8 Å². The monoisotopic (exact) mass is 843 g/mol. The maximum Gasteiger partial charge on any atom is 0.474 e. The molecule has 59 heavy (non-hydrogen) atoms. The van der Waals surface area contributed by atoms with Crippen LogP contribution in [0.4, 0.5) is 0 Å². The highest BCUT2D eigenvalue weighted by atomic mass is 31.2. The van der Waals surface area contributed by atoms with E-state index < -0.39 is 7.82 Å². The van der Waals surface area contributed by atoms with Crippen molar-refractivity contribution < 1.29 is 18.1 Å². The second-order valence-electron chi connectivity index (χ2n) is 16.7. The smallest absolute Gasteiger partial charge is 0.287 e. The molecule has 0 aromatic heterocycles. The molecule has 0 amide bonds. The summed E-state index contributed by atoms with van der Waals surface area (Å²) in [5.41, 5.74) is 0. The third-order valence-corrected chi connectivity index (χ3v) is 12.3. The van der Waals surface area contributed by atoms with Gasteiger partial charge in [0.15, 0.2) is 0 Å². The summed E-state index contributed by atoms with van der Waals surface area (Å²) in [7, 11) is -3.53. The average Bonchev–Trinajstić information content (AvgIpc) is 3.24. The van der Waals surface area contributed by atoms with E-state index >= 15 is 0 Å². The predicted octanol–water partition coefficient (Wildman–Crippen LogP) is 19.6. The van der Waals surface area contributed by atoms with Crippen molar-refractivity contribution in [2.75, 3.05) is 19.8 Å². The average molecular weight is 843 g/mol. The zero-order valence-electron chi connectivity index (χ0n) is 39.6. The van der Waals surface area contributed by atoms with Crippen LogP contribution in [-0.2, 0) is 18.1 Å². The number of phosphoric acid groups is 1. The van der Waals surface area contributed by atoms with E-state index in [4.69, 9.17) is 13.6 Å². The highest BCUT2D eigenvalue weighted by Crippen LogP contribution is 2.50. The van der Waals surface area contributed by atoms with Gasteiger partial charge < -0.3 is 0 Å². The van der Waals surface area contributed by atoms with E-state index in [1.165, 1.54) is 173 Å². The van der Waals surface area contributed by atoms with Crippen molar-refractivity contribution in [3.05, 3.63) is 72.9 Å². The Morgan fingerprint density at radius 1 is 0.271 bits per heavy atom. The molecule has 0 aliphatic carbocycles. The topological polar surface area (TPSA) is 44.8 Å². The van der Waals surface area contributed by atoms with E-state index in [2.05, 4.69) is 93.7 Å². The van der Waals surface area contributed by atoms with Crippen LogP contribution >= 0.6 is 7.82 Å². The predicted molar refractivity (Wildman–Crippen MR) is 264 cm³/mol. The lowest BCUT2D eigenvalue weighted by Crippen LogP contribution is -2.04. The Balaban J connectivity index is 4.25. The molecule has 0 spiro atoms. The Kier molecular flexibility index (Phi) is 49.7. The molecule has 0 fully saturated rings. The molecule has 0 unspecified atom stereocenters. The van der Waals surface area contributed by atoms with Crippen molar-refractivity contribution in [3.63, 3.8) is 0 Å². The van der Waals surface area contributed by atoms with Crippen LogP contribution in [0.15, 0.2) is 72.9 Å². The highest BCUT2D eigenvalue weighted by molar-refractivity contribution is 7.48. The van der Waals surface area contributed by atoms with Crippen LogP contribution in [0.5, 0.6) is 0 Å². The van der Waals surface area contributed by atoms with Gasteiger partial charge >= 0.3 is 7.82 Å². The highest BCUT2D eigenvalue weighted by Gasteiger charge is 2.26. The number of allylic oxidation sites excluding steroid dienone is 12. The van der Waals surface area contributed by atoms with Crippen LogP contribution in [0, 0.1) is 0 Å². The maximum atomic E-state index is 13.6. The normalized spacial score (nSPS) is 12.8. The van der Waals surface area contributed by atoms with E-state index in [1.54, 1.807) is 0 Å². The molecule has 0 saturated heterocycles. The van der Waals surface area contributed by atoms with Gasteiger partial charge in [0.2, 0.25) is 0 Å². The molecule has 0 bridgehead atoms. The van der Waals surface area contributed by atoms with Crippen LogP contribution in [0.3, 0.4) is 0 Å². The van der Waals surface area contributed by atoms with Crippen molar-refractivity contribution in [2.24, 2.45) is 0 Å². The van der Waals surface area contributed by atoms with Crippen molar-refractivity contribution in [1.29, 1.82) is 0 Å². The summed E-state index contributed by atoms with van der Waals surface area (Å²) in [6.07, 6.45) is 71.0. The molecule has 0 aromatic carbocycles. The molecule has 0 saturated carbocycles. The quantitative estimate of drug-likeness (QED) is 0.0348. The number of hydrogen-bond donors (Lipinski definition) is 0. The summed E-state index contributed by atoms with van der Waals surface area (Å²) in [6.45, 7) is 8.10. The summed E-state index contributed by atoms with van der Waals surface area (Å²) >= 11 is 0. The SMILES string of the molecule is CCCCC/C=C\C/C=C\CCCCCCCCOP(=O)(OCCCCCCCC/C=C\C/C=C\CCCCC)OCCCCCCCC/C=C\C/C=C\CCCCC. The van der Waals surface area contributed by atoms with Crippen LogP contribution in [0.25, 0.3) is 0 Å². The first-order chi connectivity index (χ1) is 29.2. The lowest BCUT2D eigenvalue weighted by molar-refractivity contribution is 0.108. The molecular formula is C54H99O4P. The molecule has 4 nitrogen and oxygen atoms in total. The van der Waals surface area contributed by atoms with Gasteiger partial charge in [0.05, 0.1) is 19.8 Å². The molecule has 0 heterocycles. The summed E-state index contributed by atoms with van der Waals surface area (Å²) in [4.78, 5) is 0. The Morgan fingerprint density at radius 2 is 0.475 bits per heavy atom. The molecule has 0 rings (SSSR count). The Labute approximate surface area is 369 Å². The van der Waals surface area contributed by atoms with Crippen LogP contribution < -0.4 is 0 Å². The van der Waals surface area contributed by atoms with Gasteiger partial charge in [-0.3, -0.25) is 13.6 Å². The Hall–Kier alpha value is -1.45. The number of rotatable bonds is 48. The van der Waals surface area contributed by atoms with Gasteiger partial charge in [-0.05, 0) is 116 Å². The summed E-state index contributed by atoms with van der Waals surface area (Å²) in [5, 5.41) is 0. The minimum Gasteiger partial charge on any atom is -0.287 e. The van der Waals surface area contributed by atoms with Gasteiger partial charge in [-0.15, -0.1) is 0 Å². The number of hydrogen-bond acceptors (Lipinski definition) is 4. The second kappa shape index (κ2) is 50.9. The van der Waals surface area contributed by atoms with Crippen molar-refractivity contribution in [2.45, 2.75) is 252 Å². The first-order valence-electron chi connectivity index (χ1n) is 25.6. The minimum atomic E-state index is -3.53. The van der Waals surface area contributed by atoms with Gasteiger partial charge in [-0.25, -0.2) is 4.57 Å². The van der Waals surface area contributed by atoms with Gasteiger partial charge in [0.25, 0.3) is 0 Å². The zero-order valence-corrected chi connectivity index (χ0v) is 40.5. The Bertz CT molecular complexity index is 913. The van der Waals surface area contributed by atoms with Gasteiger partial charge in [0, 0.05) is 0 Å². The number of phosphoric ester groups is 1. The third-order valence-electron chi connectivity index (χ3n) is 10.8. The molecule has 0 aromatic rings. The fraction of sp³-hybridized carbons (Fsp3) is 0.778. The van der Waals surface area contributed by atoms with Gasteiger partial charge in [-0.1, -0.05) is 209 Å².